The zero-order chi connectivity index (χ0) is 13.9. The fourth-order valence-corrected chi connectivity index (χ4v) is 3.48. The van der Waals surface area contributed by atoms with Crippen molar-refractivity contribution in [2.45, 2.75) is 26.4 Å². The molecule has 3 rings (SSSR count). The van der Waals surface area contributed by atoms with Gasteiger partial charge in [0.05, 0.1) is 12.2 Å². The van der Waals surface area contributed by atoms with Gasteiger partial charge in [0, 0.05) is 23.5 Å². The van der Waals surface area contributed by atoms with Crippen molar-refractivity contribution in [1.82, 2.24) is 4.98 Å². The van der Waals surface area contributed by atoms with E-state index in [-0.39, 0.29) is 0 Å². The van der Waals surface area contributed by atoms with Gasteiger partial charge in [-0.15, -0.1) is 11.3 Å². The summed E-state index contributed by atoms with van der Waals surface area (Å²) in [6.45, 7) is 5.09. The second-order valence-electron chi connectivity index (χ2n) is 4.80. The first-order chi connectivity index (χ1) is 9.81. The summed E-state index contributed by atoms with van der Waals surface area (Å²) in [6, 6.07) is 8.21. The normalized spacial score (nSPS) is 14.6. The van der Waals surface area contributed by atoms with Crippen molar-refractivity contribution in [3.8, 4) is 5.75 Å². The van der Waals surface area contributed by atoms with Gasteiger partial charge in [-0.05, 0) is 12.5 Å². The van der Waals surface area contributed by atoms with E-state index < -0.39 is 0 Å². The van der Waals surface area contributed by atoms with Crippen LogP contribution in [0.15, 0.2) is 24.3 Å². The summed E-state index contributed by atoms with van der Waals surface area (Å²) in [5, 5.41) is 1.06. The molecule has 2 N–H and O–H groups in total. The first-order valence-corrected chi connectivity index (χ1v) is 7.77. The molecule has 1 aliphatic heterocycles. The highest BCUT2D eigenvalue weighted by Gasteiger charge is 2.19. The van der Waals surface area contributed by atoms with Crippen LogP contribution in [0.2, 0.25) is 0 Å². The fraction of sp³-hybridized carbons (Fsp3) is 0.400. The Morgan fingerprint density at radius 1 is 1.40 bits per heavy atom. The number of aryl methyl sites for hydroxylation is 1. The quantitative estimate of drug-likeness (QED) is 0.943. The van der Waals surface area contributed by atoms with Gasteiger partial charge in [-0.3, -0.25) is 0 Å². The molecule has 0 saturated carbocycles. The van der Waals surface area contributed by atoms with Crippen LogP contribution in [0.25, 0.3) is 0 Å². The molecule has 106 valence electrons. The average Bonchev–Trinajstić information content (AvgIpc) is 2.79. The third-order valence-electron chi connectivity index (χ3n) is 3.51. The maximum atomic E-state index is 5.80. The van der Waals surface area contributed by atoms with Crippen LogP contribution < -0.4 is 15.4 Å². The zero-order valence-electron chi connectivity index (χ0n) is 11.6. The Labute approximate surface area is 123 Å². The van der Waals surface area contributed by atoms with Gasteiger partial charge in [0.2, 0.25) is 0 Å². The van der Waals surface area contributed by atoms with Crippen LogP contribution in [0.1, 0.15) is 23.1 Å². The molecule has 4 nitrogen and oxygen atoms in total. The molecule has 1 aromatic heterocycles. The Balaban J connectivity index is 1.89. The van der Waals surface area contributed by atoms with Crippen molar-refractivity contribution in [3.05, 3.63) is 40.4 Å². The van der Waals surface area contributed by atoms with E-state index in [4.69, 9.17) is 15.5 Å². The van der Waals surface area contributed by atoms with Crippen LogP contribution in [0.4, 0.5) is 5.13 Å². The molecule has 1 aliphatic rings. The lowest BCUT2D eigenvalue weighted by atomic mass is 10.2. The predicted octanol–water partition coefficient (Wildman–Crippen LogP) is 2.56. The van der Waals surface area contributed by atoms with E-state index in [0.717, 1.165) is 36.1 Å². The number of hydrogen-bond donors (Lipinski definition) is 1. The zero-order valence-corrected chi connectivity index (χ0v) is 12.4. The summed E-state index contributed by atoms with van der Waals surface area (Å²) in [4.78, 5) is 8.23. The van der Waals surface area contributed by atoms with Gasteiger partial charge in [-0.2, -0.15) is 0 Å². The summed E-state index contributed by atoms with van der Waals surface area (Å²) < 4.78 is 5.80. The first kappa shape index (κ1) is 13.4. The third kappa shape index (κ3) is 2.51. The van der Waals surface area contributed by atoms with Gasteiger partial charge in [0.25, 0.3) is 0 Å². The lowest BCUT2D eigenvalue weighted by Gasteiger charge is -2.18. The summed E-state index contributed by atoms with van der Waals surface area (Å²) >= 11 is 1.71. The summed E-state index contributed by atoms with van der Waals surface area (Å²) in [7, 11) is 0. The minimum Gasteiger partial charge on any atom is -0.491 e. The van der Waals surface area contributed by atoms with E-state index in [1.54, 1.807) is 11.3 Å². The highest BCUT2D eigenvalue weighted by molar-refractivity contribution is 7.15. The van der Waals surface area contributed by atoms with E-state index in [0.29, 0.717) is 13.2 Å². The summed E-state index contributed by atoms with van der Waals surface area (Å²) in [5.74, 6) is 0.987. The largest absolute Gasteiger partial charge is 0.491 e. The molecule has 2 aromatic rings. The Bertz CT molecular complexity index is 575. The maximum absolute atomic E-state index is 5.80. The van der Waals surface area contributed by atoms with Gasteiger partial charge in [-0.1, -0.05) is 25.1 Å². The predicted molar refractivity (Wildman–Crippen MR) is 82.4 cm³/mol. The Hall–Kier alpha value is -1.59. The minimum atomic E-state index is 0.571. The summed E-state index contributed by atoms with van der Waals surface area (Å²) in [6.07, 6.45) is 0.934. The van der Waals surface area contributed by atoms with E-state index in [1.807, 2.05) is 12.1 Å². The molecule has 0 fully saturated rings. The number of fused-ring (bicyclic) bond motifs is 1. The molecule has 5 heteroatoms. The fourth-order valence-electron chi connectivity index (χ4n) is 2.43. The van der Waals surface area contributed by atoms with E-state index >= 15 is 0 Å². The Morgan fingerprint density at radius 3 is 3.00 bits per heavy atom. The topological polar surface area (TPSA) is 51.4 Å². The van der Waals surface area contributed by atoms with Crippen LogP contribution in [0.3, 0.4) is 0 Å². The van der Waals surface area contributed by atoms with Crippen molar-refractivity contribution in [2.24, 2.45) is 5.73 Å². The maximum Gasteiger partial charge on any atom is 0.186 e. The molecule has 20 heavy (non-hydrogen) atoms. The smallest absolute Gasteiger partial charge is 0.186 e. The van der Waals surface area contributed by atoms with Crippen LogP contribution in [-0.2, 0) is 19.5 Å². The number of thiazole rings is 1. The monoisotopic (exact) mass is 289 g/mol. The average molecular weight is 289 g/mol. The Morgan fingerprint density at radius 2 is 2.25 bits per heavy atom. The van der Waals surface area contributed by atoms with E-state index in [2.05, 4.69) is 24.0 Å². The van der Waals surface area contributed by atoms with E-state index in [9.17, 15) is 0 Å². The number of nitrogens with zero attached hydrogens (tertiary/aromatic N) is 2. The molecule has 0 unspecified atom stereocenters. The number of ether oxygens (including phenoxy) is 1. The highest BCUT2D eigenvalue weighted by Crippen LogP contribution is 2.30. The molecule has 0 amide bonds. The molecule has 0 spiro atoms. The van der Waals surface area contributed by atoms with Gasteiger partial charge in [0.15, 0.2) is 5.13 Å². The van der Waals surface area contributed by atoms with Gasteiger partial charge in [-0.25, -0.2) is 4.98 Å². The molecule has 2 heterocycles. The number of aromatic nitrogens is 1. The lowest BCUT2D eigenvalue weighted by molar-refractivity contribution is 0.331. The highest BCUT2D eigenvalue weighted by atomic mass is 32.1. The third-order valence-corrected chi connectivity index (χ3v) is 4.69. The van der Waals surface area contributed by atoms with Crippen LogP contribution in [0.5, 0.6) is 5.75 Å². The number of benzene rings is 1. The minimum absolute atomic E-state index is 0.571. The lowest BCUT2D eigenvalue weighted by Crippen LogP contribution is -2.25. The number of rotatable bonds is 3. The molecular formula is C15H19N3OS. The molecule has 1 aromatic carbocycles. The first-order valence-electron chi connectivity index (χ1n) is 6.96. The number of para-hydroxylation sites is 1. The molecule has 0 atom stereocenters. The Kier molecular flexibility index (Phi) is 3.89. The van der Waals surface area contributed by atoms with Crippen molar-refractivity contribution in [1.29, 1.82) is 0 Å². The second-order valence-corrected chi connectivity index (χ2v) is 5.86. The van der Waals surface area contributed by atoms with Crippen molar-refractivity contribution >= 4 is 16.5 Å². The van der Waals surface area contributed by atoms with Crippen molar-refractivity contribution < 1.29 is 4.74 Å². The molecule has 0 bridgehead atoms. The van der Waals surface area contributed by atoms with Crippen molar-refractivity contribution in [3.63, 3.8) is 0 Å². The van der Waals surface area contributed by atoms with Crippen LogP contribution >= 0.6 is 11.3 Å². The van der Waals surface area contributed by atoms with Gasteiger partial charge < -0.3 is 15.4 Å². The SMILES string of the molecule is CCc1nc(N2CCOc3ccccc3C2)sc1CN. The second kappa shape index (κ2) is 5.81. The molecule has 0 radical (unpaired) electrons. The standard InChI is InChI=1S/C15H19N3OS/c1-2-12-14(9-16)20-15(17-12)18-7-8-19-13-6-4-3-5-11(13)10-18/h3-6H,2,7-10,16H2,1H3. The molecule has 0 aliphatic carbocycles. The molecule has 0 saturated heterocycles. The summed E-state index contributed by atoms with van der Waals surface area (Å²) in [5.41, 5.74) is 8.15. The van der Waals surface area contributed by atoms with Gasteiger partial charge >= 0.3 is 0 Å². The number of nitrogens with two attached hydrogens (primary N) is 1. The van der Waals surface area contributed by atoms with E-state index in [1.165, 1.54) is 10.4 Å². The number of anilines is 1. The van der Waals surface area contributed by atoms with Crippen LogP contribution in [-0.4, -0.2) is 18.1 Å². The van der Waals surface area contributed by atoms with Crippen molar-refractivity contribution in [2.75, 3.05) is 18.1 Å². The molecular weight excluding hydrogens is 270 g/mol. The number of hydrogen-bond acceptors (Lipinski definition) is 5. The van der Waals surface area contributed by atoms with Crippen LogP contribution in [0, 0.1) is 0 Å². The van der Waals surface area contributed by atoms with Gasteiger partial charge in [0.1, 0.15) is 12.4 Å².